The van der Waals surface area contributed by atoms with Crippen LogP contribution in [0.15, 0.2) is 48.5 Å². The van der Waals surface area contributed by atoms with Crippen molar-refractivity contribution >= 4 is 50.7 Å². The maximum absolute atomic E-state index is 11.7. The first-order valence-corrected chi connectivity index (χ1v) is 21.2. The van der Waals surface area contributed by atoms with Gasteiger partial charge in [-0.15, -0.1) is 40.5 Å². The van der Waals surface area contributed by atoms with E-state index in [1.807, 2.05) is 27.7 Å². The fourth-order valence-electron chi connectivity index (χ4n) is 7.81. The smallest absolute Gasteiger partial charge is 0.162 e. The Morgan fingerprint density at radius 2 is 1.62 bits per heavy atom. The molecule has 1 spiro atoms. The van der Waals surface area contributed by atoms with E-state index < -0.39 is 8.07 Å². The molecule has 4 nitrogen and oxygen atoms in total. The van der Waals surface area contributed by atoms with Gasteiger partial charge in [0.25, 0.3) is 0 Å². The number of carbonyl (C=O) groups excluding carboxylic acids is 1. The molecule has 2 aliphatic heterocycles. The van der Waals surface area contributed by atoms with Crippen molar-refractivity contribution in [3.8, 4) is 11.3 Å². The van der Waals surface area contributed by atoms with Gasteiger partial charge in [-0.2, -0.15) is 0 Å². The summed E-state index contributed by atoms with van der Waals surface area (Å²) < 4.78 is 3.07. The van der Waals surface area contributed by atoms with Crippen molar-refractivity contribution in [1.82, 2.24) is 9.97 Å². The van der Waals surface area contributed by atoms with Crippen molar-refractivity contribution in [3.63, 3.8) is 0 Å². The third-order valence-corrected chi connectivity index (χ3v) is 18.5. The number of hydrogen-bond acceptors (Lipinski definition) is 5. The molecule has 4 heterocycles. The number of nitrogens with zero attached hydrogens (tertiary/aromatic N) is 2. The van der Waals surface area contributed by atoms with E-state index in [1.165, 1.54) is 76.4 Å². The van der Waals surface area contributed by atoms with E-state index >= 15 is 0 Å². The molecule has 0 unspecified atom stereocenters. The number of carbonyl (C=O) groups is 1. The number of aromatic nitrogens is 2. The van der Waals surface area contributed by atoms with E-state index in [-0.39, 0.29) is 48.9 Å². The van der Waals surface area contributed by atoms with Crippen LogP contribution in [0.4, 0.5) is 0 Å². The van der Waals surface area contributed by atoms with Gasteiger partial charge < -0.3 is 5.11 Å². The number of aliphatic hydroxyl groups is 1. The second kappa shape index (κ2) is 16.0. The molecule has 255 valence electrons. The Morgan fingerprint density at radius 3 is 2.26 bits per heavy atom. The van der Waals surface area contributed by atoms with Crippen LogP contribution in [-0.2, 0) is 36.7 Å². The predicted octanol–water partition coefficient (Wildman–Crippen LogP) is 10.9. The van der Waals surface area contributed by atoms with Gasteiger partial charge in [0.05, 0.1) is 19.3 Å². The Morgan fingerprint density at radius 1 is 0.979 bits per heavy atom. The number of hydrogen-bond donors (Lipinski definition) is 1. The van der Waals surface area contributed by atoms with E-state index in [0.717, 1.165) is 36.9 Å². The van der Waals surface area contributed by atoms with Gasteiger partial charge in [-0.25, -0.2) is 4.98 Å². The summed E-state index contributed by atoms with van der Waals surface area (Å²) in [5, 5.41) is 12.2. The fourth-order valence-corrected chi connectivity index (χ4v) is 16.0. The maximum Gasteiger partial charge on any atom is 0.162 e. The molecule has 2 aliphatic rings. The predicted molar refractivity (Wildman–Crippen MR) is 199 cm³/mol. The summed E-state index contributed by atoms with van der Waals surface area (Å²) in [4.78, 5) is 21.4. The minimum absolute atomic E-state index is 0. The fraction of sp³-hybridized carbons (Fsp3) is 0.525. The average molecular weight is 846 g/mol. The van der Waals surface area contributed by atoms with Crippen molar-refractivity contribution < 1.29 is 30.0 Å². The largest absolute Gasteiger partial charge is 0.512 e. The van der Waals surface area contributed by atoms with Gasteiger partial charge >= 0.3 is 0 Å². The molecule has 2 aromatic heterocycles. The zero-order valence-electron chi connectivity index (χ0n) is 29.5. The molecule has 4 aromatic rings. The van der Waals surface area contributed by atoms with E-state index in [2.05, 4.69) is 68.5 Å². The number of allylic oxidation sites excluding steroid dienone is 2. The molecular formula is C40H53IrN2O2SSi-. The van der Waals surface area contributed by atoms with Crippen LogP contribution in [0.3, 0.4) is 0 Å². The van der Waals surface area contributed by atoms with Gasteiger partial charge in [0, 0.05) is 48.4 Å². The summed E-state index contributed by atoms with van der Waals surface area (Å²) >= 11 is 2.05. The molecule has 0 aliphatic carbocycles. The first-order chi connectivity index (χ1) is 22.1. The monoisotopic (exact) mass is 846 g/mol. The SMILES string of the molecule is CC(C)(C)c1cc(-c2ncnc3c4c(sc23)[Si]2(CCCC2)CCC4)[c-]c2ccccc12.CCC(CC)C(=O)/C=C(\O)C(CC)CC.[Ir]. The van der Waals surface area contributed by atoms with Crippen molar-refractivity contribution in [3.05, 3.63) is 65.7 Å². The number of ketones is 1. The molecule has 47 heavy (non-hydrogen) atoms. The molecule has 6 rings (SSSR count). The van der Waals surface area contributed by atoms with Crippen LogP contribution in [0.25, 0.3) is 32.2 Å². The van der Waals surface area contributed by atoms with Crippen LogP contribution in [0.2, 0.25) is 18.1 Å². The van der Waals surface area contributed by atoms with E-state index in [0.29, 0.717) is 0 Å². The molecule has 0 amide bonds. The van der Waals surface area contributed by atoms with E-state index in [4.69, 9.17) is 9.97 Å². The van der Waals surface area contributed by atoms with Crippen LogP contribution >= 0.6 is 11.3 Å². The van der Waals surface area contributed by atoms with Crippen molar-refractivity contribution in [2.75, 3.05) is 0 Å². The molecule has 0 bridgehead atoms. The number of benzene rings is 2. The molecule has 1 saturated heterocycles. The van der Waals surface area contributed by atoms with Crippen LogP contribution in [0.1, 0.15) is 105 Å². The van der Waals surface area contributed by atoms with Gasteiger partial charge in [0.1, 0.15) is 6.33 Å². The second-order valence-corrected chi connectivity index (χ2v) is 20.5. The quantitative estimate of drug-likeness (QED) is 0.0831. The minimum atomic E-state index is -1.29. The summed E-state index contributed by atoms with van der Waals surface area (Å²) in [5.41, 5.74) is 6.46. The van der Waals surface area contributed by atoms with Gasteiger partial charge in [0.15, 0.2) is 5.78 Å². The van der Waals surface area contributed by atoms with Crippen LogP contribution in [-0.4, -0.2) is 28.9 Å². The van der Waals surface area contributed by atoms with Crippen molar-refractivity contribution in [2.45, 2.75) is 123 Å². The number of rotatable bonds is 8. The first kappa shape index (κ1) is 37.6. The van der Waals surface area contributed by atoms with Crippen molar-refractivity contribution in [2.24, 2.45) is 11.8 Å². The third kappa shape index (κ3) is 7.85. The third-order valence-electron chi connectivity index (χ3n) is 10.6. The van der Waals surface area contributed by atoms with Gasteiger partial charge in [0.2, 0.25) is 0 Å². The topological polar surface area (TPSA) is 63.1 Å². The van der Waals surface area contributed by atoms with Gasteiger partial charge in [-0.3, -0.25) is 9.78 Å². The molecule has 1 radical (unpaired) electrons. The summed E-state index contributed by atoms with van der Waals surface area (Å²) in [6.07, 6.45) is 12.1. The van der Waals surface area contributed by atoms with Crippen LogP contribution in [0, 0.1) is 17.9 Å². The molecule has 1 N–H and O–H groups in total. The maximum atomic E-state index is 11.7. The van der Waals surface area contributed by atoms with Gasteiger partial charge in [-0.05, 0) is 47.6 Å². The van der Waals surface area contributed by atoms with Crippen LogP contribution in [0.5, 0.6) is 0 Å². The number of fused-ring (bicyclic) bond motifs is 5. The Bertz CT molecular complexity index is 1710. The second-order valence-electron chi connectivity index (χ2n) is 14.5. The van der Waals surface area contributed by atoms with E-state index in [1.54, 1.807) is 16.4 Å². The van der Waals surface area contributed by atoms with Gasteiger partial charge in [-0.1, -0.05) is 115 Å². The number of aryl methyl sites for hydroxylation is 1. The van der Waals surface area contributed by atoms with Crippen molar-refractivity contribution in [1.29, 1.82) is 0 Å². The summed E-state index contributed by atoms with van der Waals surface area (Å²) in [6, 6.07) is 19.2. The Labute approximate surface area is 301 Å². The van der Waals surface area contributed by atoms with Crippen LogP contribution < -0.4 is 4.50 Å². The number of aliphatic hydroxyl groups excluding tert-OH is 1. The number of thiophene rings is 1. The molecule has 1 fully saturated rings. The average Bonchev–Trinajstić information content (AvgIpc) is 3.68. The molecule has 7 heteroatoms. The normalized spacial score (nSPS) is 16.0. The summed E-state index contributed by atoms with van der Waals surface area (Å²) in [7, 11) is -1.29. The zero-order chi connectivity index (χ0) is 33.1. The standard InChI is InChI=1S/C27H29N2SSi.C13H24O2.Ir/c1-27(2,3)22-16-19(15-18-9-4-5-10-20(18)22)23-25-24(29-17-28-23)21-11-8-14-31(26(21)30-25)12-6-7-13-31;1-5-10(6-2)12(14)9-13(15)11(7-3)8-4;/h4-5,9-10,16-17H,6-8,11-14H2,1-3H3;9-11,14H,5-8H2,1-4H3;/q-1;;/b;12-9-;. The van der Waals surface area contributed by atoms with E-state index in [9.17, 15) is 9.90 Å². The molecule has 0 atom stereocenters. The Hall–Kier alpha value is -2.18. The Kier molecular flexibility index (Phi) is 12.8. The first-order valence-electron chi connectivity index (χ1n) is 17.7. The minimum Gasteiger partial charge on any atom is -0.512 e. The summed E-state index contributed by atoms with van der Waals surface area (Å²) in [5.74, 6) is 0.547. The summed E-state index contributed by atoms with van der Waals surface area (Å²) in [6.45, 7) is 15.0. The molecular weight excluding hydrogens is 793 g/mol. The molecule has 2 aromatic carbocycles. The molecule has 0 saturated carbocycles. The Balaban J connectivity index is 0.000000269. The zero-order valence-corrected chi connectivity index (χ0v) is 33.7.